The van der Waals surface area contributed by atoms with Crippen LogP contribution >= 0.6 is 22.9 Å². The molecule has 0 radical (unpaired) electrons. The summed E-state index contributed by atoms with van der Waals surface area (Å²) < 4.78 is 30.4. The van der Waals surface area contributed by atoms with Gasteiger partial charge in [0.2, 0.25) is 5.28 Å². The molecule has 1 unspecified atom stereocenters. The van der Waals surface area contributed by atoms with Crippen molar-refractivity contribution < 1.29 is 18.3 Å². The summed E-state index contributed by atoms with van der Waals surface area (Å²) in [7, 11) is -3.35. The van der Waals surface area contributed by atoms with E-state index in [0.29, 0.717) is 41.5 Å². The van der Waals surface area contributed by atoms with Crippen molar-refractivity contribution in [2.45, 2.75) is 31.7 Å². The Bertz CT molecular complexity index is 900. The van der Waals surface area contributed by atoms with Crippen molar-refractivity contribution >= 4 is 48.8 Å². The van der Waals surface area contributed by atoms with Gasteiger partial charge in [-0.3, -0.25) is 0 Å². The number of hydrogen-bond donors (Lipinski definition) is 1. The maximum Gasteiger partial charge on any atom is 0.224 e. The third-order valence-electron chi connectivity index (χ3n) is 4.43. The van der Waals surface area contributed by atoms with Gasteiger partial charge in [0.25, 0.3) is 0 Å². The van der Waals surface area contributed by atoms with Crippen LogP contribution in [0.2, 0.25) is 5.28 Å². The first-order chi connectivity index (χ1) is 11.7. The maximum atomic E-state index is 12.1. The second-order valence-corrected chi connectivity index (χ2v) is 9.99. The SMILES string of the molecule is CC(c1c(CO)sc2c(N3CCOC[C@H]3C)nc(Cl)nc12)S(C)(=O)=O. The summed E-state index contributed by atoms with van der Waals surface area (Å²) in [4.78, 5) is 11.3. The van der Waals surface area contributed by atoms with E-state index in [2.05, 4.69) is 14.9 Å². The number of aromatic nitrogens is 2. The zero-order valence-electron chi connectivity index (χ0n) is 14.2. The van der Waals surface area contributed by atoms with E-state index in [1.165, 1.54) is 17.6 Å². The first kappa shape index (κ1) is 18.8. The Balaban J connectivity index is 2.26. The van der Waals surface area contributed by atoms with Crippen LogP contribution in [-0.4, -0.2) is 55.5 Å². The molecule has 1 N–H and O–H groups in total. The third-order valence-corrected chi connectivity index (χ3v) is 7.30. The molecule has 7 nitrogen and oxygen atoms in total. The van der Waals surface area contributed by atoms with Crippen LogP contribution < -0.4 is 4.90 Å². The Morgan fingerprint density at radius 2 is 2.20 bits per heavy atom. The summed E-state index contributed by atoms with van der Waals surface area (Å²) in [5.74, 6) is 0.664. The van der Waals surface area contributed by atoms with E-state index < -0.39 is 15.1 Å². The van der Waals surface area contributed by atoms with Crippen LogP contribution in [-0.2, 0) is 21.2 Å². The number of morpholine rings is 1. The molecule has 1 aliphatic rings. The Kier molecular flexibility index (Phi) is 5.23. The van der Waals surface area contributed by atoms with Crippen molar-refractivity contribution in [3.05, 3.63) is 15.7 Å². The van der Waals surface area contributed by atoms with Crippen LogP contribution in [0.5, 0.6) is 0 Å². The van der Waals surface area contributed by atoms with Crippen molar-refractivity contribution in [2.24, 2.45) is 0 Å². The Morgan fingerprint density at radius 3 is 2.80 bits per heavy atom. The van der Waals surface area contributed by atoms with Gasteiger partial charge in [-0.15, -0.1) is 11.3 Å². The minimum Gasteiger partial charge on any atom is -0.391 e. The van der Waals surface area contributed by atoms with E-state index in [-0.39, 0.29) is 17.9 Å². The molecule has 0 saturated carbocycles. The average molecular weight is 406 g/mol. The fourth-order valence-corrected chi connectivity index (χ4v) is 5.11. The van der Waals surface area contributed by atoms with Crippen LogP contribution in [0.25, 0.3) is 10.2 Å². The summed E-state index contributed by atoms with van der Waals surface area (Å²) >= 11 is 7.47. The molecule has 0 aliphatic carbocycles. The third kappa shape index (κ3) is 3.48. The lowest BCUT2D eigenvalue weighted by atomic mass is 10.1. The molecule has 0 aromatic carbocycles. The molecule has 3 rings (SSSR count). The molecule has 0 amide bonds. The van der Waals surface area contributed by atoms with Gasteiger partial charge >= 0.3 is 0 Å². The number of ether oxygens (including phenoxy) is 1. The average Bonchev–Trinajstić information content (AvgIpc) is 2.91. The van der Waals surface area contributed by atoms with Gasteiger partial charge in [-0.05, 0) is 25.4 Å². The van der Waals surface area contributed by atoms with Gasteiger partial charge in [0, 0.05) is 23.2 Å². The molecule has 2 aromatic rings. The molecule has 138 valence electrons. The van der Waals surface area contributed by atoms with Crippen molar-refractivity contribution in [3.8, 4) is 0 Å². The summed E-state index contributed by atoms with van der Waals surface area (Å²) in [5, 5.41) is 9.03. The van der Waals surface area contributed by atoms with Crippen molar-refractivity contribution in [1.82, 2.24) is 9.97 Å². The highest BCUT2D eigenvalue weighted by molar-refractivity contribution is 7.90. The number of hydrogen-bond acceptors (Lipinski definition) is 8. The number of aliphatic hydroxyl groups excluding tert-OH is 1. The molecular formula is C15H20ClN3O4S2. The highest BCUT2D eigenvalue weighted by Gasteiger charge is 2.30. The first-order valence-corrected chi connectivity index (χ1v) is 11.0. The van der Waals surface area contributed by atoms with Crippen molar-refractivity contribution in [3.63, 3.8) is 0 Å². The fourth-order valence-electron chi connectivity index (χ4n) is 2.99. The quantitative estimate of drug-likeness (QED) is 0.779. The van der Waals surface area contributed by atoms with Gasteiger partial charge in [0.1, 0.15) is 0 Å². The van der Waals surface area contributed by atoms with Crippen molar-refractivity contribution in [1.29, 1.82) is 0 Å². The van der Waals surface area contributed by atoms with Crippen LogP contribution in [0.15, 0.2) is 0 Å². The van der Waals surface area contributed by atoms with E-state index in [1.54, 1.807) is 6.92 Å². The molecule has 2 atom stereocenters. The predicted octanol–water partition coefficient (Wildman–Crippen LogP) is 2.17. The normalized spacial score (nSPS) is 20.2. The molecule has 1 aliphatic heterocycles. The Morgan fingerprint density at radius 1 is 1.48 bits per heavy atom. The predicted molar refractivity (Wildman–Crippen MR) is 99.2 cm³/mol. The van der Waals surface area contributed by atoms with Crippen molar-refractivity contribution in [2.75, 3.05) is 30.9 Å². The monoisotopic (exact) mass is 405 g/mol. The summed E-state index contributed by atoms with van der Waals surface area (Å²) in [6, 6.07) is 0.110. The van der Waals surface area contributed by atoms with Gasteiger partial charge in [-0.2, -0.15) is 4.98 Å². The zero-order valence-corrected chi connectivity index (χ0v) is 16.6. The molecule has 0 spiro atoms. The number of sulfone groups is 1. The lowest BCUT2D eigenvalue weighted by Crippen LogP contribution is -2.44. The molecule has 0 bridgehead atoms. The molecular weight excluding hydrogens is 386 g/mol. The number of halogens is 1. The second-order valence-electron chi connectivity index (χ2n) is 6.18. The van der Waals surface area contributed by atoms with Crippen LogP contribution in [0.3, 0.4) is 0 Å². The number of nitrogens with zero attached hydrogens (tertiary/aromatic N) is 3. The minimum atomic E-state index is -3.35. The second kappa shape index (κ2) is 6.96. The number of anilines is 1. The first-order valence-electron chi connectivity index (χ1n) is 7.87. The molecule has 1 fully saturated rings. The standard InChI is InChI=1S/C15H20ClN3O4S2/c1-8-7-23-5-4-19(8)14-13-12(17-15(16)18-14)11(10(6-20)24-13)9(2)25(3,21)22/h8-9,20H,4-7H2,1-3H3/t8-,9?/m1/s1. The zero-order chi connectivity index (χ0) is 18.4. The Hall–Kier alpha value is -1.00. The van der Waals surface area contributed by atoms with E-state index in [4.69, 9.17) is 16.3 Å². The van der Waals surface area contributed by atoms with E-state index in [1.807, 2.05) is 6.92 Å². The highest BCUT2D eigenvalue weighted by Crippen LogP contribution is 2.42. The fraction of sp³-hybridized carbons (Fsp3) is 0.600. The Labute approximate surface area is 155 Å². The van der Waals surface area contributed by atoms with Gasteiger partial charge in [0.15, 0.2) is 15.7 Å². The number of aliphatic hydroxyl groups is 1. The molecule has 3 heterocycles. The number of rotatable bonds is 4. The summed E-state index contributed by atoms with van der Waals surface area (Å²) in [5.41, 5.74) is 1.01. The number of fused-ring (bicyclic) bond motifs is 1. The van der Waals surface area contributed by atoms with Crippen LogP contribution in [0, 0.1) is 0 Å². The van der Waals surface area contributed by atoms with E-state index in [9.17, 15) is 13.5 Å². The van der Waals surface area contributed by atoms with Gasteiger partial charge < -0.3 is 14.7 Å². The van der Waals surface area contributed by atoms with Gasteiger partial charge in [0.05, 0.1) is 41.3 Å². The minimum absolute atomic E-state index is 0.0606. The summed E-state index contributed by atoms with van der Waals surface area (Å²) in [6.45, 7) is 5.19. The van der Waals surface area contributed by atoms with E-state index in [0.717, 1.165) is 4.70 Å². The largest absolute Gasteiger partial charge is 0.391 e. The van der Waals surface area contributed by atoms with E-state index >= 15 is 0 Å². The smallest absolute Gasteiger partial charge is 0.224 e. The van der Waals surface area contributed by atoms with Gasteiger partial charge in [-0.1, -0.05) is 0 Å². The van der Waals surface area contributed by atoms with Crippen LogP contribution in [0.4, 0.5) is 5.82 Å². The number of thiophene rings is 1. The maximum absolute atomic E-state index is 12.1. The highest BCUT2D eigenvalue weighted by atomic mass is 35.5. The van der Waals surface area contributed by atoms with Gasteiger partial charge in [-0.25, -0.2) is 13.4 Å². The topological polar surface area (TPSA) is 92.6 Å². The lowest BCUT2D eigenvalue weighted by Gasteiger charge is -2.34. The summed E-state index contributed by atoms with van der Waals surface area (Å²) in [6.07, 6.45) is 1.18. The molecule has 1 saturated heterocycles. The lowest BCUT2D eigenvalue weighted by molar-refractivity contribution is 0.0987. The molecule has 10 heteroatoms. The van der Waals surface area contributed by atoms with Crippen LogP contribution in [0.1, 0.15) is 29.5 Å². The molecule has 2 aromatic heterocycles. The molecule has 25 heavy (non-hydrogen) atoms.